The normalized spacial score (nSPS) is 24.3. The molecule has 0 amide bonds. The fourth-order valence-corrected chi connectivity index (χ4v) is 4.12. The molecule has 2 heterocycles. The highest BCUT2D eigenvalue weighted by molar-refractivity contribution is 5.86. The van der Waals surface area contributed by atoms with E-state index in [1.807, 2.05) is 0 Å². The summed E-state index contributed by atoms with van der Waals surface area (Å²) < 4.78 is 0. The Hall–Kier alpha value is -1.03. The molecule has 2 aromatic rings. The highest BCUT2D eigenvalue weighted by atomic mass is 35.5. The second-order valence-electron chi connectivity index (χ2n) is 6.52. The number of nitrogens with one attached hydrogen (secondary N) is 1. The summed E-state index contributed by atoms with van der Waals surface area (Å²) in [5.74, 6) is 1.62. The van der Waals surface area contributed by atoms with E-state index in [9.17, 15) is 0 Å². The van der Waals surface area contributed by atoms with Crippen LogP contribution >= 0.6 is 12.4 Å². The standard InChI is InChI=1S/C17H22N2.ClH.H2O/c1-11(2)19-9-12-7-8-16-17(14(12)10-19)13-5-3-4-6-15(13)18-16;;/h3-6,11-12,14,18H,7-10H2,1-2H3;1H;1H2/t12-,14+;;/m0../s1. The van der Waals surface area contributed by atoms with Gasteiger partial charge in [0.1, 0.15) is 0 Å². The van der Waals surface area contributed by atoms with Gasteiger partial charge in [-0.3, -0.25) is 0 Å². The van der Waals surface area contributed by atoms with Crippen LogP contribution in [0.3, 0.4) is 0 Å². The Morgan fingerprint density at radius 1 is 1.19 bits per heavy atom. The number of likely N-dealkylation sites (tertiary alicyclic amines) is 1. The van der Waals surface area contributed by atoms with Crippen molar-refractivity contribution in [3.05, 3.63) is 35.5 Å². The molecule has 3 nitrogen and oxygen atoms in total. The molecule has 1 saturated heterocycles. The predicted molar refractivity (Wildman–Crippen MR) is 90.4 cm³/mol. The molecular formula is C17H25ClN2O. The van der Waals surface area contributed by atoms with Crippen molar-refractivity contribution < 1.29 is 5.48 Å². The smallest absolute Gasteiger partial charge is 0.0459 e. The van der Waals surface area contributed by atoms with Crippen LogP contribution in [0.2, 0.25) is 0 Å². The van der Waals surface area contributed by atoms with Crippen LogP contribution in [-0.4, -0.2) is 34.5 Å². The number of hydrogen-bond donors (Lipinski definition) is 1. The predicted octanol–water partition coefficient (Wildman–Crippen LogP) is 3.14. The molecule has 21 heavy (non-hydrogen) atoms. The molecule has 0 saturated carbocycles. The molecule has 3 N–H and O–H groups in total. The summed E-state index contributed by atoms with van der Waals surface area (Å²) in [5.41, 5.74) is 4.47. The van der Waals surface area contributed by atoms with E-state index in [0.717, 1.165) is 11.8 Å². The molecule has 0 radical (unpaired) electrons. The van der Waals surface area contributed by atoms with Crippen molar-refractivity contribution in [2.75, 3.05) is 13.1 Å². The number of H-pyrrole nitrogens is 1. The van der Waals surface area contributed by atoms with Gasteiger partial charge in [0.25, 0.3) is 0 Å². The average Bonchev–Trinajstić information content (AvgIpc) is 2.98. The van der Waals surface area contributed by atoms with Gasteiger partial charge in [0.2, 0.25) is 0 Å². The van der Waals surface area contributed by atoms with E-state index >= 15 is 0 Å². The quantitative estimate of drug-likeness (QED) is 0.864. The Balaban J connectivity index is 0.000000807. The number of halogens is 1. The van der Waals surface area contributed by atoms with Crippen molar-refractivity contribution in [1.29, 1.82) is 0 Å². The first-order valence-electron chi connectivity index (χ1n) is 7.57. The Bertz CT molecular complexity index is 622. The summed E-state index contributed by atoms with van der Waals surface area (Å²) in [6.07, 6.45) is 2.59. The number of hydrogen-bond acceptors (Lipinski definition) is 1. The molecule has 0 bridgehead atoms. The number of nitrogens with zero attached hydrogens (tertiary/aromatic N) is 1. The SMILES string of the molecule is CC(C)N1C[C@@H]2CCc3[nH]c4ccccc4c3[C@@H]2C1.Cl.O. The van der Waals surface area contributed by atoms with Crippen molar-refractivity contribution in [2.24, 2.45) is 5.92 Å². The lowest BCUT2D eigenvalue weighted by Gasteiger charge is -2.24. The summed E-state index contributed by atoms with van der Waals surface area (Å²) in [6, 6.07) is 9.51. The first-order valence-corrected chi connectivity index (χ1v) is 7.57. The minimum absolute atomic E-state index is 0. The van der Waals surface area contributed by atoms with E-state index in [0.29, 0.717) is 6.04 Å². The molecule has 1 fully saturated rings. The molecule has 1 aromatic heterocycles. The molecule has 116 valence electrons. The molecule has 4 rings (SSSR count). The minimum atomic E-state index is 0. The zero-order valence-corrected chi connectivity index (χ0v) is 13.5. The Labute approximate surface area is 132 Å². The zero-order valence-electron chi connectivity index (χ0n) is 12.7. The number of rotatable bonds is 1. The maximum Gasteiger partial charge on any atom is 0.0459 e. The summed E-state index contributed by atoms with van der Waals surface area (Å²) in [5, 5.41) is 1.47. The molecule has 0 spiro atoms. The number of aromatic nitrogens is 1. The number of aromatic amines is 1. The van der Waals surface area contributed by atoms with Gasteiger partial charge in [-0.2, -0.15) is 0 Å². The van der Waals surface area contributed by atoms with Gasteiger partial charge in [0, 0.05) is 41.6 Å². The van der Waals surface area contributed by atoms with Crippen LogP contribution in [0.15, 0.2) is 24.3 Å². The third kappa shape index (κ3) is 2.48. The second-order valence-corrected chi connectivity index (χ2v) is 6.52. The van der Waals surface area contributed by atoms with E-state index in [2.05, 4.69) is 48.0 Å². The van der Waals surface area contributed by atoms with Crippen LogP contribution in [0.1, 0.15) is 37.4 Å². The monoisotopic (exact) mass is 308 g/mol. The van der Waals surface area contributed by atoms with Gasteiger partial charge in [0.05, 0.1) is 0 Å². The molecule has 1 aromatic carbocycles. The summed E-state index contributed by atoms with van der Waals surface area (Å²) in [6.45, 7) is 7.19. The molecule has 1 aliphatic heterocycles. The maximum absolute atomic E-state index is 3.65. The molecule has 2 aliphatic rings. The summed E-state index contributed by atoms with van der Waals surface area (Å²) in [4.78, 5) is 6.31. The highest BCUT2D eigenvalue weighted by Gasteiger charge is 2.39. The van der Waals surface area contributed by atoms with Gasteiger partial charge >= 0.3 is 0 Å². The molecule has 0 unspecified atom stereocenters. The van der Waals surface area contributed by atoms with Gasteiger partial charge < -0.3 is 15.4 Å². The summed E-state index contributed by atoms with van der Waals surface area (Å²) in [7, 11) is 0. The Morgan fingerprint density at radius 2 is 1.95 bits per heavy atom. The van der Waals surface area contributed by atoms with E-state index in [1.165, 1.54) is 42.5 Å². The lowest BCUT2D eigenvalue weighted by molar-refractivity contribution is 0.263. The highest BCUT2D eigenvalue weighted by Crippen LogP contribution is 2.44. The van der Waals surface area contributed by atoms with Crippen molar-refractivity contribution in [3.63, 3.8) is 0 Å². The molecule has 4 heteroatoms. The van der Waals surface area contributed by atoms with E-state index in [4.69, 9.17) is 0 Å². The first kappa shape index (κ1) is 16.3. The lowest BCUT2D eigenvalue weighted by Crippen LogP contribution is -2.28. The Morgan fingerprint density at radius 3 is 2.71 bits per heavy atom. The van der Waals surface area contributed by atoms with Crippen LogP contribution in [-0.2, 0) is 6.42 Å². The van der Waals surface area contributed by atoms with Gasteiger partial charge in [-0.15, -0.1) is 12.4 Å². The van der Waals surface area contributed by atoms with Gasteiger partial charge in [0.15, 0.2) is 0 Å². The third-order valence-electron chi connectivity index (χ3n) is 5.16. The fraction of sp³-hybridized carbons (Fsp3) is 0.529. The van der Waals surface area contributed by atoms with Crippen molar-refractivity contribution in [2.45, 2.75) is 38.6 Å². The van der Waals surface area contributed by atoms with Crippen molar-refractivity contribution in [3.8, 4) is 0 Å². The second kappa shape index (κ2) is 5.99. The number of fused-ring (bicyclic) bond motifs is 5. The minimum Gasteiger partial charge on any atom is -0.412 e. The van der Waals surface area contributed by atoms with Crippen LogP contribution in [0, 0.1) is 5.92 Å². The Kier molecular flexibility index (Phi) is 4.66. The average molecular weight is 309 g/mol. The van der Waals surface area contributed by atoms with Crippen molar-refractivity contribution in [1.82, 2.24) is 9.88 Å². The van der Waals surface area contributed by atoms with E-state index in [1.54, 1.807) is 5.56 Å². The zero-order chi connectivity index (χ0) is 13.0. The summed E-state index contributed by atoms with van der Waals surface area (Å²) >= 11 is 0. The fourth-order valence-electron chi connectivity index (χ4n) is 4.12. The number of benzene rings is 1. The van der Waals surface area contributed by atoms with Crippen molar-refractivity contribution >= 4 is 23.3 Å². The molecule has 2 atom stereocenters. The van der Waals surface area contributed by atoms with Crippen LogP contribution in [0.5, 0.6) is 0 Å². The van der Waals surface area contributed by atoms with E-state index < -0.39 is 0 Å². The van der Waals surface area contributed by atoms with Crippen LogP contribution in [0.4, 0.5) is 0 Å². The van der Waals surface area contributed by atoms with Gasteiger partial charge in [-0.1, -0.05) is 18.2 Å². The van der Waals surface area contributed by atoms with Crippen LogP contribution < -0.4 is 0 Å². The van der Waals surface area contributed by atoms with E-state index in [-0.39, 0.29) is 17.9 Å². The molecule has 1 aliphatic carbocycles. The first-order chi connectivity index (χ1) is 9.24. The third-order valence-corrected chi connectivity index (χ3v) is 5.16. The lowest BCUT2D eigenvalue weighted by atomic mass is 9.79. The largest absolute Gasteiger partial charge is 0.412 e. The molecular weight excluding hydrogens is 284 g/mol. The van der Waals surface area contributed by atoms with Gasteiger partial charge in [-0.05, 0) is 44.2 Å². The topological polar surface area (TPSA) is 50.5 Å². The number of para-hydroxylation sites is 1. The maximum atomic E-state index is 3.65. The number of aryl methyl sites for hydroxylation is 1. The van der Waals surface area contributed by atoms with Crippen LogP contribution in [0.25, 0.3) is 10.9 Å². The van der Waals surface area contributed by atoms with Gasteiger partial charge in [-0.25, -0.2) is 0 Å².